The van der Waals surface area contributed by atoms with Crippen molar-refractivity contribution in [3.63, 3.8) is 0 Å². The van der Waals surface area contributed by atoms with E-state index in [1.54, 1.807) is 17.0 Å². The van der Waals surface area contributed by atoms with Gasteiger partial charge in [-0.2, -0.15) is 17.5 Å². The number of carbonyl (C=O) groups is 2. The third-order valence-corrected chi connectivity index (χ3v) is 7.97. The highest BCUT2D eigenvalue weighted by molar-refractivity contribution is 7.89. The van der Waals surface area contributed by atoms with Gasteiger partial charge < -0.3 is 4.74 Å². The maximum Gasteiger partial charge on any atom is 0.418 e. The number of piperazine rings is 1. The largest absolute Gasteiger partial charge is 0.494 e. The van der Waals surface area contributed by atoms with Gasteiger partial charge in [0.1, 0.15) is 5.75 Å². The third-order valence-electron chi connectivity index (χ3n) is 6.06. The van der Waals surface area contributed by atoms with Crippen molar-refractivity contribution >= 4 is 27.5 Å². The van der Waals surface area contributed by atoms with Gasteiger partial charge in [-0.05, 0) is 43.3 Å². The van der Waals surface area contributed by atoms with Crippen molar-refractivity contribution in [3.05, 3.63) is 54.1 Å². The van der Waals surface area contributed by atoms with Crippen LogP contribution in [0.2, 0.25) is 0 Å². The lowest BCUT2D eigenvalue weighted by Gasteiger charge is -2.36. The van der Waals surface area contributed by atoms with E-state index < -0.39 is 45.3 Å². The Balaban J connectivity index is 1.46. The lowest BCUT2D eigenvalue weighted by Crippen LogP contribution is -2.53. The van der Waals surface area contributed by atoms with E-state index in [4.69, 9.17) is 4.74 Å². The number of amides is 2. The molecule has 0 radical (unpaired) electrons. The Bertz CT molecular complexity index is 1210. The molecule has 4 rings (SSSR count). The number of nitrogens with zero attached hydrogens (tertiary/aromatic N) is 3. The van der Waals surface area contributed by atoms with Crippen LogP contribution < -0.4 is 9.64 Å². The van der Waals surface area contributed by atoms with Crippen molar-refractivity contribution in [2.45, 2.75) is 30.5 Å². The van der Waals surface area contributed by atoms with Crippen LogP contribution in [0.25, 0.3) is 0 Å². The molecule has 0 N–H and O–H groups in total. The highest BCUT2D eigenvalue weighted by Crippen LogP contribution is 2.38. The first kappa shape index (κ1) is 25.1. The summed E-state index contributed by atoms with van der Waals surface area (Å²) in [4.78, 5) is 28.0. The Kier molecular flexibility index (Phi) is 6.89. The van der Waals surface area contributed by atoms with Crippen molar-refractivity contribution < 1.29 is 35.9 Å². The van der Waals surface area contributed by atoms with Crippen molar-refractivity contribution in [1.29, 1.82) is 0 Å². The number of halogens is 3. The molecule has 1 atom stereocenters. The van der Waals surface area contributed by atoms with E-state index in [0.29, 0.717) is 17.3 Å². The third kappa shape index (κ3) is 4.91. The molecule has 2 aromatic rings. The second kappa shape index (κ2) is 9.59. The van der Waals surface area contributed by atoms with E-state index in [1.807, 2.05) is 6.92 Å². The lowest BCUT2D eigenvalue weighted by molar-refractivity contribution is -0.137. The molecule has 0 aromatic heterocycles. The van der Waals surface area contributed by atoms with E-state index in [-0.39, 0.29) is 37.5 Å². The van der Waals surface area contributed by atoms with E-state index in [0.717, 1.165) is 12.1 Å². The lowest BCUT2D eigenvalue weighted by atomic mass is 10.1. The second-order valence-electron chi connectivity index (χ2n) is 8.15. The zero-order valence-corrected chi connectivity index (χ0v) is 19.7. The van der Waals surface area contributed by atoms with E-state index in [9.17, 15) is 31.2 Å². The van der Waals surface area contributed by atoms with E-state index in [2.05, 4.69) is 0 Å². The van der Waals surface area contributed by atoms with Gasteiger partial charge in [-0.25, -0.2) is 13.3 Å². The smallest absolute Gasteiger partial charge is 0.418 e. The standard InChI is InChI=1S/C23H24F3N3O5S/c1-2-34-16-7-9-17(10-8-16)35(32,33)28-13-11-27(12-14-28)20-15-21(30)29(22(20)31)19-6-4-3-5-18(19)23(24,25)26/h3-10,20H,2,11-15H2,1H3/t20-/m1/s1. The van der Waals surface area contributed by atoms with Gasteiger partial charge >= 0.3 is 6.18 Å². The van der Waals surface area contributed by atoms with Crippen molar-refractivity contribution in [2.24, 2.45) is 0 Å². The summed E-state index contributed by atoms with van der Waals surface area (Å²) >= 11 is 0. The van der Waals surface area contributed by atoms with Crippen LogP contribution in [0.1, 0.15) is 18.9 Å². The van der Waals surface area contributed by atoms with Crippen LogP contribution in [-0.4, -0.2) is 68.3 Å². The van der Waals surface area contributed by atoms with Gasteiger partial charge in [0.2, 0.25) is 15.9 Å². The fraction of sp³-hybridized carbons (Fsp3) is 0.391. The van der Waals surface area contributed by atoms with Gasteiger partial charge in [-0.15, -0.1) is 0 Å². The monoisotopic (exact) mass is 511 g/mol. The van der Waals surface area contributed by atoms with E-state index >= 15 is 0 Å². The van der Waals surface area contributed by atoms with Gasteiger partial charge in [0, 0.05) is 26.2 Å². The summed E-state index contributed by atoms with van der Waals surface area (Å²) in [5.41, 5.74) is -1.55. The summed E-state index contributed by atoms with van der Waals surface area (Å²) in [5, 5.41) is 0. The number of hydrogen-bond acceptors (Lipinski definition) is 6. The fourth-order valence-corrected chi connectivity index (χ4v) is 5.76. The van der Waals surface area contributed by atoms with Crippen LogP contribution in [0.5, 0.6) is 5.75 Å². The molecule has 0 bridgehead atoms. The molecule has 2 saturated heterocycles. The second-order valence-corrected chi connectivity index (χ2v) is 10.1. The highest BCUT2D eigenvalue weighted by atomic mass is 32.2. The number of sulfonamides is 1. The summed E-state index contributed by atoms with van der Waals surface area (Å²) in [6.07, 6.45) is -4.99. The first-order chi connectivity index (χ1) is 16.5. The number of imide groups is 1. The van der Waals surface area contributed by atoms with Crippen LogP contribution in [0.15, 0.2) is 53.4 Å². The normalized spacial score (nSPS) is 20.5. The highest BCUT2D eigenvalue weighted by Gasteiger charge is 2.46. The number of carbonyl (C=O) groups excluding carboxylic acids is 2. The Morgan fingerprint density at radius 1 is 0.971 bits per heavy atom. The molecule has 2 amide bonds. The minimum Gasteiger partial charge on any atom is -0.494 e. The maximum absolute atomic E-state index is 13.4. The van der Waals surface area contributed by atoms with Gasteiger partial charge in [0.05, 0.1) is 35.2 Å². The molecule has 35 heavy (non-hydrogen) atoms. The van der Waals surface area contributed by atoms with Crippen LogP contribution in [-0.2, 0) is 25.8 Å². The van der Waals surface area contributed by atoms with Gasteiger partial charge in [0.25, 0.3) is 5.91 Å². The maximum atomic E-state index is 13.4. The quantitative estimate of drug-likeness (QED) is 0.555. The van der Waals surface area contributed by atoms with Gasteiger partial charge in [0.15, 0.2) is 0 Å². The molecular formula is C23H24F3N3O5S. The summed E-state index contributed by atoms with van der Waals surface area (Å²) in [6, 6.07) is 9.58. The van der Waals surface area contributed by atoms with Crippen molar-refractivity contribution in [3.8, 4) is 5.75 Å². The number of para-hydroxylation sites is 1. The molecule has 0 spiro atoms. The molecule has 0 saturated carbocycles. The molecule has 0 aliphatic carbocycles. The molecule has 2 heterocycles. The van der Waals surface area contributed by atoms with Gasteiger partial charge in [-0.1, -0.05) is 12.1 Å². The molecule has 2 fully saturated rings. The predicted octanol–water partition coefficient (Wildman–Crippen LogP) is 2.74. The predicted molar refractivity (Wildman–Crippen MR) is 120 cm³/mol. The number of ether oxygens (including phenoxy) is 1. The van der Waals surface area contributed by atoms with Gasteiger partial charge in [-0.3, -0.25) is 14.5 Å². The topological polar surface area (TPSA) is 87.2 Å². The number of benzene rings is 2. The first-order valence-corrected chi connectivity index (χ1v) is 12.5. The molecule has 8 nitrogen and oxygen atoms in total. The molecule has 2 aliphatic rings. The van der Waals surface area contributed by atoms with Crippen LogP contribution in [0.4, 0.5) is 18.9 Å². The Hall–Kier alpha value is -2.96. The van der Waals surface area contributed by atoms with Crippen molar-refractivity contribution in [1.82, 2.24) is 9.21 Å². The summed E-state index contributed by atoms with van der Waals surface area (Å²) in [5.74, 6) is -0.909. The minimum atomic E-state index is -4.73. The van der Waals surface area contributed by atoms with Crippen LogP contribution >= 0.6 is 0 Å². The van der Waals surface area contributed by atoms with Crippen LogP contribution in [0, 0.1) is 0 Å². The summed E-state index contributed by atoms with van der Waals surface area (Å²) in [7, 11) is -3.78. The average molecular weight is 512 g/mol. The summed E-state index contributed by atoms with van der Waals surface area (Å²) < 4.78 is 72.9. The summed E-state index contributed by atoms with van der Waals surface area (Å²) in [6.45, 7) is 2.75. The zero-order chi connectivity index (χ0) is 25.4. The average Bonchev–Trinajstić information content (AvgIpc) is 3.13. The SMILES string of the molecule is CCOc1ccc(S(=O)(=O)N2CCN([C@@H]3CC(=O)N(c4ccccc4C(F)(F)F)C3=O)CC2)cc1. The molecule has 12 heteroatoms. The first-order valence-electron chi connectivity index (χ1n) is 11.0. The molecule has 0 unspecified atom stereocenters. The fourth-order valence-electron chi connectivity index (χ4n) is 4.34. The number of alkyl halides is 3. The Morgan fingerprint density at radius 2 is 1.60 bits per heavy atom. The molecule has 188 valence electrons. The van der Waals surface area contributed by atoms with E-state index in [1.165, 1.54) is 28.6 Å². The molecular weight excluding hydrogens is 487 g/mol. The zero-order valence-electron chi connectivity index (χ0n) is 18.9. The Morgan fingerprint density at radius 3 is 2.20 bits per heavy atom. The minimum absolute atomic E-state index is 0.0760. The molecule has 2 aromatic carbocycles. The molecule has 2 aliphatic heterocycles. The van der Waals surface area contributed by atoms with Crippen molar-refractivity contribution in [2.75, 3.05) is 37.7 Å². The number of anilines is 1. The van der Waals surface area contributed by atoms with Crippen LogP contribution in [0.3, 0.4) is 0 Å². The number of hydrogen-bond donors (Lipinski definition) is 0. The number of rotatable bonds is 6. The Labute approximate surface area is 200 Å².